The van der Waals surface area contributed by atoms with Crippen LogP contribution < -0.4 is 10.6 Å². The summed E-state index contributed by atoms with van der Waals surface area (Å²) in [7, 11) is 0. The number of hydrogen-bond acceptors (Lipinski definition) is 3. The van der Waals surface area contributed by atoms with Gasteiger partial charge < -0.3 is 15.5 Å². The van der Waals surface area contributed by atoms with Crippen LogP contribution in [0.2, 0.25) is 0 Å². The van der Waals surface area contributed by atoms with Crippen LogP contribution in [-0.2, 0) is 0 Å². The second-order valence-electron chi connectivity index (χ2n) is 10.9. The highest BCUT2D eigenvalue weighted by atomic mass is 16.2. The number of rotatable bonds is 16. The first kappa shape index (κ1) is 39.9. The van der Waals surface area contributed by atoms with Gasteiger partial charge in [-0.1, -0.05) is 91.6 Å². The standard InChI is InChI=1S/C22H37N3O.C14H19N.C2H6/c1-6-10-18(4)20-12-11-19(5)21(17-20)24-22(26)23-13-9-16-25(14-7-2)15-8-3;1-3-5-13(6-4-2)14-9-7-12(11-15)8-10-14;1-2/h10-12,17H,6-9,13-16H2,1-5H3,(H2,23,24,26);7-10,13H,3-6H2,1-2H3;1-2H3/b18-10+;;. The summed E-state index contributed by atoms with van der Waals surface area (Å²) in [5.74, 6) is 0.674. The van der Waals surface area contributed by atoms with Gasteiger partial charge in [0.25, 0.3) is 0 Å². The fourth-order valence-electron chi connectivity index (χ4n) is 5.07. The van der Waals surface area contributed by atoms with Crippen LogP contribution in [0.3, 0.4) is 0 Å². The van der Waals surface area contributed by atoms with Gasteiger partial charge in [-0.2, -0.15) is 5.26 Å². The number of anilines is 1. The van der Waals surface area contributed by atoms with Gasteiger partial charge in [0.2, 0.25) is 0 Å². The minimum atomic E-state index is -0.125. The third kappa shape index (κ3) is 17.0. The summed E-state index contributed by atoms with van der Waals surface area (Å²) in [5.41, 5.74) is 6.49. The molecule has 0 atom stereocenters. The molecule has 0 saturated heterocycles. The lowest BCUT2D eigenvalue weighted by Gasteiger charge is -2.20. The SMILES string of the molecule is CC.CC/C=C(\C)c1ccc(C)c(NC(=O)NCCCN(CCC)CCC)c1.CCCC(CCC)c1ccc(C#N)cc1. The van der Waals surface area contributed by atoms with Crippen LogP contribution in [0.4, 0.5) is 10.5 Å². The van der Waals surface area contributed by atoms with Gasteiger partial charge in [0.15, 0.2) is 0 Å². The van der Waals surface area contributed by atoms with Crippen molar-refractivity contribution in [2.75, 3.05) is 31.5 Å². The summed E-state index contributed by atoms with van der Waals surface area (Å²) in [6.45, 7) is 23.1. The molecule has 2 aromatic rings. The van der Waals surface area contributed by atoms with Gasteiger partial charge in [-0.05, 0) is 118 Å². The predicted octanol–water partition coefficient (Wildman–Crippen LogP) is 10.7. The van der Waals surface area contributed by atoms with Gasteiger partial charge in [-0.15, -0.1) is 0 Å². The predicted molar refractivity (Wildman–Crippen MR) is 189 cm³/mol. The Morgan fingerprint density at radius 2 is 1.51 bits per heavy atom. The molecule has 0 aliphatic carbocycles. The molecule has 2 N–H and O–H groups in total. The number of carbonyl (C=O) groups is 1. The van der Waals surface area contributed by atoms with E-state index in [-0.39, 0.29) is 6.03 Å². The Labute approximate surface area is 265 Å². The van der Waals surface area contributed by atoms with E-state index in [2.05, 4.69) is 99.6 Å². The smallest absolute Gasteiger partial charge is 0.319 e. The van der Waals surface area contributed by atoms with Crippen LogP contribution in [0.15, 0.2) is 48.5 Å². The van der Waals surface area contributed by atoms with E-state index in [0.29, 0.717) is 12.5 Å². The highest BCUT2D eigenvalue weighted by molar-refractivity contribution is 5.90. The van der Waals surface area contributed by atoms with E-state index in [1.165, 1.54) is 49.7 Å². The van der Waals surface area contributed by atoms with Crippen molar-refractivity contribution in [3.05, 3.63) is 70.8 Å². The number of carbonyl (C=O) groups excluding carboxylic acids is 1. The maximum atomic E-state index is 12.2. The summed E-state index contributed by atoms with van der Waals surface area (Å²) < 4.78 is 0. The molecule has 0 heterocycles. The molecule has 0 bridgehead atoms. The number of aryl methyl sites for hydroxylation is 1. The number of amides is 2. The molecule has 0 saturated carbocycles. The Kier molecular flexibility index (Phi) is 23.6. The Morgan fingerprint density at radius 3 is 2.02 bits per heavy atom. The first-order chi connectivity index (χ1) is 20.8. The van der Waals surface area contributed by atoms with Gasteiger partial charge in [0.1, 0.15) is 0 Å². The van der Waals surface area contributed by atoms with Crippen molar-refractivity contribution in [1.82, 2.24) is 10.2 Å². The van der Waals surface area contributed by atoms with E-state index in [9.17, 15) is 4.79 Å². The number of hydrogen-bond donors (Lipinski definition) is 2. The van der Waals surface area contributed by atoms with Crippen molar-refractivity contribution in [2.45, 2.75) is 120 Å². The lowest BCUT2D eigenvalue weighted by Crippen LogP contribution is -2.33. The number of nitrogens with zero attached hydrogens (tertiary/aromatic N) is 2. The third-order valence-electron chi connectivity index (χ3n) is 7.25. The molecule has 2 aromatic carbocycles. The Bertz CT molecular complexity index is 1060. The van der Waals surface area contributed by atoms with Crippen molar-refractivity contribution < 1.29 is 4.79 Å². The zero-order chi connectivity index (χ0) is 32.5. The molecule has 0 aliphatic heterocycles. The monoisotopic (exact) mass is 590 g/mol. The van der Waals surface area contributed by atoms with Crippen molar-refractivity contribution in [2.24, 2.45) is 0 Å². The molecule has 5 nitrogen and oxygen atoms in total. The maximum Gasteiger partial charge on any atom is 0.319 e. The zero-order valence-corrected chi connectivity index (χ0v) is 29.0. The van der Waals surface area contributed by atoms with E-state index in [4.69, 9.17) is 5.26 Å². The van der Waals surface area contributed by atoms with Crippen LogP contribution in [0.25, 0.3) is 5.57 Å². The number of urea groups is 1. The van der Waals surface area contributed by atoms with Gasteiger partial charge >= 0.3 is 6.03 Å². The molecule has 0 aromatic heterocycles. The fraction of sp³-hybridized carbons (Fsp3) is 0.579. The summed E-state index contributed by atoms with van der Waals surface area (Å²) in [5, 5.41) is 14.7. The molecule has 0 spiro atoms. The van der Waals surface area contributed by atoms with E-state index >= 15 is 0 Å². The van der Waals surface area contributed by atoms with Gasteiger partial charge in [-0.3, -0.25) is 0 Å². The molecule has 0 fully saturated rings. The van der Waals surface area contributed by atoms with Crippen molar-refractivity contribution >= 4 is 17.3 Å². The molecule has 5 heteroatoms. The molecule has 0 aliphatic rings. The van der Waals surface area contributed by atoms with E-state index in [1.54, 1.807) is 0 Å². The van der Waals surface area contributed by atoms with Crippen LogP contribution in [0.5, 0.6) is 0 Å². The molecule has 2 amide bonds. The summed E-state index contributed by atoms with van der Waals surface area (Å²) >= 11 is 0. The lowest BCUT2D eigenvalue weighted by molar-refractivity contribution is 0.248. The topological polar surface area (TPSA) is 68.2 Å². The van der Waals surface area contributed by atoms with Crippen molar-refractivity contribution in [3.8, 4) is 6.07 Å². The fourth-order valence-corrected chi connectivity index (χ4v) is 5.07. The normalized spacial score (nSPS) is 10.8. The number of nitrogens with one attached hydrogen (secondary N) is 2. The highest BCUT2D eigenvalue weighted by Gasteiger charge is 2.09. The van der Waals surface area contributed by atoms with Crippen molar-refractivity contribution in [1.29, 1.82) is 5.26 Å². The largest absolute Gasteiger partial charge is 0.338 e. The second-order valence-corrected chi connectivity index (χ2v) is 10.9. The molecule has 2 rings (SSSR count). The second kappa shape index (κ2) is 25.4. The summed E-state index contributed by atoms with van der Waals surface area (Å²) in [4.78, 5) is 14.7. The maximum absolute atomic E-state index is 12.2. The molecule has 240 valence electrons. The zero-order valence-electron chi connectivity index (χ0n) is 29.0. The average molecular weight is 591 g/mol. The number of nitriles is 1. The average Bonchev–Trinajstić information content (AvgIpc) is 3.02. The molecular weight excluding hydrogens is 528 g/mol. The number of benzene rings is 2. The third-order valence-corrected chi connectivity index (χ3v) is 7.25. The molecule has 0 radical (unpaired) electrons. The summed E-state index contributed by atoms with van der Waals surface area (Å²) in [6, 6.07) is 16.3. The van der Waals surface area contributed by atoms with Crippen LogP contribution in [-0.4, -0.2) is 37.1 Å². The van der Waals surface area contributed by atoms with Gasteiger partial charge in [0, 0.05) is 12.2 Å². The van der Waals surface area contributed by atoms with Gasteiger partial charge in [-0.25, -0.2) is 4.79 Å². The summed E-state index contributed by atoms with van der Waals surface area (Å²) in [6.07, 6.45) is 11.5. The van der Waals surface area contributed by atoms with E-state index in [1.807, 2.05) is 32.9 Å². The molecule has 0 unspecified atom stereocenters. The first-order valence-corrected chi connectivity index (χ1v) is 16.9. The molecule has 43 heavy (non-hydrogen) atoms. The Hall–Kier alpha value is -3.10. The highest BCUT2D eigenvalue weighted by Crippen LogP contribution is 2.26. The quantitative estimate of drug-likeness (QED) is 0.191. The van der Waals surface area contributed by atoms with E-state index < -0.39 is 0 Å². The lowest BCUT2D eigenvalue weighted by atomic mass is 9.90. The van der Waals surface area contributed by atoms with Crippen LogP contribution in [0, 0.1) is 18.3 Å². The van der Waals surface area contributed by atoms with E-state index in [0.717, 1.165) is 54.9 Å². The van der Waals surface area contributed by atoms with Gasteiger partial charge in [0.05, 0.1) is 11.6 Å². The Morgan fingerprint density at radius 1 is 0.907 bits per heavy atom. The van der Waals surface area contributed by atoms with Crippen LogP contribution in [0.1, 0.15) is 135 Å². The minimum Gasteiger partial charge on any atom is -0.338 e. The Balaban J connectivity index is 0.000000878. The minimum absolute atomic E-state index is 0.125. The number of allylic oxidation sites excluding steroid dienone is 2. The molecular formula is C38H62N4O. The van der Waals surface area contributed by atoms with Crippen LogP contribution >= 0.6 is 0 Å². The van der Waals surface area contributed by atoms with Crippen molar-refractivity contribution in [3.63, 3.8) is 0 Å². The first-order valence-electron chi connectivity index (χ1n) is 16.9.